The van der Waals surface area contributed by atoms with E-state index >= 15 is 0 Å². The largest absolute Gasteiger partial charge is 0.378 e. The Morgan fingerprint density at radius 2 is 2.21 bits per heavy atom. The number of pyridine rings is 1. The average Bonchev–Trinajstić information content (AvgIpc) is 2.86. The monoisotopic (exact) mass is 353 g/mol. The smallest absolute Gasteiger partial charge is 0.106 e. The van der Waals surface area contributed by atoms with E-state index in [1.54, 1.807) is 17.5 Å². The van der Waals surface area contributed by atoms with E-state index in [0.29, 0.717) is 11.6 Å². The SMILES string of the molecule is Clc1ccc2scnc2c1NCc1cncc(Br)c1. The maximum absolute atomic E-state index is 6.23. The van der Waals surface area contributed by atoms with Crippen LogP contribution < -0.4 is 5.32 Å². The minimum Gasteiger partial charge on any atom is -0.378 e. The van der Waals surface area contributed by atoms with Crippen LogP contribution in [-0.2, 0) is 6.54 Å². The molecule has 0 aliphatic carbocycles. The van der Waals surface area contributed by atoms with Crippen molar-refractivity contribution in [3.8, 4) is 0 Å². The number of hydrogen-bond donors (Lipinski definition) is 1. The van der Waals surface area contributed by atoms with Crippen molar-refractivity contribution in [1.29, 1.82) is 0 Å². The van der Waals surface area contributed by atoms with Crippen LogP contribution >= 0.6 is 38.9 Å². The molecule has 3 aromatic rings. The van der Waals surface area contributed by atoms with Crippen molar-refractivity contribution in [2.24, 2.45) is 0 Å². The number of fused-ring (bicyclic) bond motifs is 1. The Kier molecular flexibility index (Phi) is 3.68. The third-order valence-corrected chi connectivity index (χ3v) is 4.23. The molecule has 0 aliphatic rings. The summed E-state index contributed by atoms with van der Waals surface area (Å²) in [6.45, 7) is 0.656. The highest BCUT2D eigenvalue weighted by Gasteiger charge is 2.08. The van der Waals surface area contributed by atoms with Crippen LogP contribution in [0.25, 0.3) is 10.2 Å². The van der Waals surface area contributed by atoms with Gasteiger partial charge in [-0.3, -0.25) is 4.98 Å². The molecular formula is C13H9BrClN3S. The van der Waals surface area contributed by atoms with Gasteiger partial charge in [-0.05, 0) is 39.7 Å². The fourth-order valence-electron chi connectivity index (χ4n) is 1.82. The first-order valence-electron chi connectivity index (χ1n) is 5.59. The van der Waals surface area contributed by atoms with E-state index < -0.39 is 0 Å². The van der Waals surface area contributed by atoms with Gasteiger partial charge >= 0.3 is 0 Å². The molecule has 0 atom stereocenters. The Hall–Kier alpha value is -1.17. The summed E-state index contributed by atoms with van der Waals surface area (Å²) in [5, 5.41) is 4.02. The molecule has 0 spiro atoms. The van der Waals surface area contributed by atoms with Crippen LogP contribution in [-0.4, -0.2) is 9.97 Å². The van der Waals surface area contributed by atoms with Crippen LogP contribution in [0.4, 0.5) is 5.69 Å². The van der Waals surface area contributed by atoms with E-state index in [2.05, 4.69) is 31.2 Å². The third kappa shape index (κ3) is 2.73. The number of benzene rings is 1. The Labute approximate surface area is 127 Å². The maximum Gasteiger partial charge on any atom is 0.106 e. The van der Waals surface area contributed by atoms with Crippen LogP contribution in [0.2, 0.25) is 5.02 Å². The zero-order valence-corrected chi connectivity index (χ0v) is 12.9. The normalized spacial score (nSPS) is 10.8. The van der Waals surface area contributed by atoms with E-state index in [4.69, 9.17) is 11.6 Å². The number of halogens is 2. The summed E-state index contributed by atoms with van der Waals surface area (Å²) in [4.78, 5) is 8.49. The van der Waals surface area contributed by atoms with Gasteiger partial charge < -0.3 is 5.32 Å². The van der Waals surface area contributed by atoms with E-state index in [-0.39, 0.29) is 0 Å². The Morgan fingerprint density at radius 1 is 1.32 bits per heavy atom. The fourth-order valence-corrected chi connectivity index (χ4v) is 3.13. The van der Waals surface area contributed by atoms with Gasteiger partial charge in [0, 0.05) is 23.4 Å². The summed E-state index contributed by atoms with van der Waals surface area (Å²) in [5.41, 5.74) is 4.70. The Bertz CT molecular complexity index is 729. The first-order chi connectivity index (χ1) is 9.24. The summed E-state index contributed by atoms with van der Waals surface area (Å²) in [6.07, 6.45) is 3.59. The van der Waals surface area contributed by atoms with E-state index in [1.807, 2.05) is 29.9 Å². The zero-order chi connectivity index (χ0) is 13.2. The molecule has 96 valence electrons. The van der Waals surface area contributed by atoms with Crippen LogP contribution in [0.1, 0.15) is 5.56 Å². The van der Waals surface area contributed by atoms with Gasteiger partial charge in [0.1, 0.15) is 5.52 Å². The molecule has 0 saturated carbocycles. The van der Waals surface area contributed by atoms with Gasteiger partial charge in [0.05, 0.1) is 20.9 Å². The second-order valence-electron chi connectivity index (χ2n) is 3.99. The van der Waals surface area contributed by atoms with Crippen LogP contribution in [0.5, 0.6) is 0 Å². The molecule has 1 N–H and O–H groups in total. The number of anilines is 1. The van der Waals surface area contributed by atoms with Gasteiger partial charge in [-0.2, -0.15) is 0 Å². The predicted octanol–water partition coefficient (Wildman–Crippen LogP) is 4.72. The standard InChI is InChI=1S/C13H9BrClN3S/c14-9-3-8(4-16-6-9)5-17-12-10(15)1-2-11-13(12)18-7-19-11/h1-4,6-7,17H,5H2. The summed E-state index contributed by atoms with van der Waals surface area (Å²) >= 11 is 11.2. The highest BCUT2D eigenvalue weighted by molar-refractivity contribution is 9.10. The van der Waals surface area contributed by atoms with E-state index in [9.17, 15) is 0 Å². The Balaban J connectivity index is 1.89. The molecule has 0 aliphatic heterocycles. The summed E-state index contributed by atoms with van der Waals surface area (Å²) in [5.74, 6) is 0. The van der Waals surface area contributed by atoms with Crippen LogP contribution in [0.15, 0.2) is 40.6 Å². The first-order valence-corrected chi connectivity index (χ1v) is 7.64. The van der Waals surface area contributed by atoms with Gasteiger partial charge in [0.25, 0.3) is 0 Å². The van der Waals surface area contributed by atoms with Crippen molar-refractivity contribution >= 4 is 54.8 Å². The minimum atomic E-state index is 0.656. The molecule has 0 unspecified atom stereocenters. The molecule has 0 amide bonds. The molecule has 2 heterocycles. The van der Waals surface area contributed by atoms with Crippen molar-refractivity contribution in [3.63, 3.8) is 0 Å². The topological polar surface area (TPSA) is 37.8 Å². The number of hydrogen-bond acceptors (Lipinski definition) is 4. The Morgan fingerprint density at radius 3 is 3.05 bits per heavy atom. The highest BCUT2D eigenvalue weighted by atomic mass is 79.9. The number of nitrogens with one attached hydrogen (secondary N) is 1. The molecule has 3 rings (SSSR count). The lowest BCUT2D eigenvalue weighted by Gasteiger charge is -2.09. The van der Waals surface area contributed by atoms with Crippen molar-refractivity contribution in [3.05, 3.63) is 51.2 Å². The quantitative estimate of drug-likeness (QED) is 0.739. The summed E-state index contributed by atoms with van der Waals surface area (Å²) in [7, 11) is 0. The lowest BCUT2D eigenvalue weighted by molar-refractivity contribution is 1.11. The molecule has 0 radical (unpaired) electrons. The van der Waals surface area contributed by atoms with Crippen molar-refractivity contribution in [2.75, 3.05) is 5.32 Å². The molecule has 2 aromatic heterocycles. The number of aromatic nitrogens is 2. The highest BCUT2D eigenvalue weighted by Crippen LogP contribution is 2.32. The number of rotatable bonds is 3. The fraction of sp³-hybridized carbons (Fsp3) is 0.0769. The average molecular weight is 355 g/mol. The second-order valence-corrected chi connectivity index (χ2v) is 6.20. The lowest BCUT2D eigenvalue weighted by atomic mass is 10.2. The lowest BCUT2D eigenvalue weighted by Crippen LogP contribution is -2.01. The van der Waals surface area contributed by atoms with Gasteiger partial charge in [0.15, 0.2) is 0 Å². The minimum absolute atomic E-state index is 0.656. The molecule has 0 fully saturated rings. The molecular weight excluding hydrogens is 346 g/mol. The van der Waals surface area contributed by atoms with Crippen LogP contribution in [0, 0.1) is 0 Å². The molecule has 1 aromatic carbocycles. The van der Waals surface area contributed by atoms with E-state index in [1.165, 1.54) is 0 Å². The molecule has 0 saturated heterocycles. The number of nitrogens with zero attached hydrogens (tertiary/aromatic N) is 2. The van der Waals surface area contributed by atoms with Gasteiger partial charge in [-0.25, -0.2) is 4.98 Å². The number of thiazole rings is 1. The van der Waals surface area contributed by atoms with E-state index in [0.717, 1.165) is 25.9 Å². The van der Waals surface area contributed by atoms with Crippen LogP contribution in [0.3, 0.4) is 0 Å². The summed E-state index contributed by atoms with van der Waals surface area (Å²) < 4.78 is 2.09. The maximum atomic E-state index is 6.23. The molecule has 19 heavy (non-hydrogen) atoms. The van der Waals surface area contributed by atoms with Gasteiger partial charge in [-0.1, -0.05) is 11.6 Å². The predicted molar refractivity (Wildman–Crippen MR) is 83.9 cm³/mol. The molecule has 3 nitrogen and oxygen atoms in total. The molecule has 6 heteroatoms. The van der Waals surface area contributed by atoms with Gasteiger partial charge in [-0.15, -0.1) is 11.3 Å². The summed E-state index contributed by atoms with van der Waals surface area (Å²) in [6, 6.07) is 5.90. The first kappa shape index (κ1) is 12.8. The zero-order valence-electron chi connectivity index (χ0n) is 9.73. The van der Waals surface area contributed by atoms with Gasteiger partial charge in [0.2, 0.25) is 0 Å². The second kappa shape index (κ2) is 5.45. The van der Waals surface area contributed by atoms with Crippen molar-refractivity contribution < 1.29 is 0 Å². The third-order valence-electron chi connectivity index (χ3n) is 2.68. The molecule has 0 bridgehead atoms. The van der Waals surface area contributed by atoms with Crippen molar-refractivity contribution in [1.82, 2.24) is 9.97 Å². The van der Waals surface area contributed by atoms with Crippen molar-refractivity contribution in [2.45, 2.75) is 6.54 Å².